The van der Waals surface area contributed by atoms with Crippen LogP contribution in [0.15, 0.2) is 24.3 Å². The molecule has 1 amide bonds. The van der Waals surface area contributed by atoms with Gasteiger partial charge in [0.05, 0.1) is 5.56 Å². The lowest BCUT2D eigenvalue weighted by atomic mass is 9.98. The Hall–Kier alpha value is -1.03. The van der Waals surface area contributed by atoms with E-state index in [4.69, 9.17) is 0 Å². The van der Waals surface area contributed by atoms with E-state index < -0.39 is 0 Å². The Morgan fingerprint density at radius 3 is 2.82 bits per heavy atom. The molecule has 0 saturated carbocycles. The Morgan fingerprint density at radius 2 is 2.18 bits per heavy atom. The molecule has 1 aliphatic rings. The number of phenols is 1. The maximum absolute atomic E-state index is 12.2. The second kappa shape index (κ2) is 5.08. The van der Waals surface area contributed by atoms with Crippen molar-refractivity contribution in [2.24, 2.45) is 5.92 Å². The molecule has 3 nitrogen and oxygen atoms in total. The van der Waals surface area contributed by atoms with Gasteiger partial charge >= 0.3 is 0 Å². The van der Waals surface area contributed by atoms with E-state index in [9.17, 15) is 9.90 Å². The summed E-state index contributed by atoms with van der Waals surface area (Å²) in [6.45, 7) is 3.64. The average molecular weight is 298 g/mol. The molecule has 1 fully saturated rings. The van der Waals surface area contributed by atoms with Crippen molar-refractivity contribution in [3.63, 3.8) is 0 Å². The molecule has 0 radical (unpaired) electrons. The highest BCUT2D eigenvalue weighted by molar-refractivity contribution is 9.09. The Morgan fingerprint density at radius 1 is 1.47 bits per heavy atom. The smallest absolute Gasteiger partial charge is 0.257 e. The zero-order valence-electron chi connectivity index (χ0n) is 9.77. The van der Waals surface area contributed by atoms with Gasteiger partial charge in [-0.1, -0.05) is 35.0 Å². The van der Waals surface area contributed by atoms with Crippen LogP contribution in [0.4, 0.5) is 0 Å². The van der Waals surface area contributed by atoms with Crippen LogP contribution in [0.2, 0.25) is 0 Å². The van der Waals surface area contributed by atoms with Gasteiger partial charge in [0, 0.05) is 17.9 Å². The molecule has 1 N–H and O–H groups in total. The summed E-state index contributed by atoms with van der Waals surface area (Å²) in [6.07, 6.45) is 0.995. The number of aromatic hydroxyl groups is 1. The Balaban J connectivity index is 2.14. The zero-order valence-corrected chi connectivity index (χ0v) is 11.4. The van der Waals surface area contributed by atoms with Gasteiger partial charge in [0.15, 0.2) is 0 Å². The number of hydrogen-bond donors (Lipinski definition) is 1. The first-order valence-corrected chi connectivity index (χ1v) is 6.72. The van der Waals surface area contributed by atoms with E-state index >= 15 is 0 Å². The second-order valence-corrected chi connectivity index (χ2v) is 5.73. The molecule has 0 spiro atoms. The molecule has 0 aliphatic carbocycles. The number of likely N-dealkylation sites (tertiary alicyclic amines) is 1. The summed E-state index contributed by atoms with van der Waals surface area (Å²) in [7, 11) is 0. The van der Waals surface area contributed by atoms with Crippen LogP contribution in [0.5, 0.6) is 5.75 Å². The first kappa shape index (κ1) is 12.4. The van der Waals surface area contributed by atoms with Crippen molar-refractivity contribution in [3.05, 3.63) is 29.8 Å². The topological polar surface area (TPSA) is 40.5 Å². The van der Waals surface area contributed by atoms with Crippen LogP contribution in [-0.2, 0) is 0 Å². The molecular weight excluding hydrogens is 282 g/mol. The Kier molecular flexibility index (Phi) is 3.72. The number of phenolic OH excluding ortho intramolecular Hbond substituents is 1. The van der Waals surface area contributed by atoms with E-state index in [1.807, 2.05) is 0 Å². The van der Waals surface area contributed by atoms with Crippen LogP contribution < -0.4 is 0 Å². The highest BCUT2D eigenvalue weighted by atomic mass is 79.9. The molecule has 0 aromatic heterocycles. The number of amides is 1. The van der Waals surface area contributed by atoms with Crippen LogP contribution in [0.25, 0.3) is 0 Å². The number of nitrogens with zero attached hydrogens (tertiary/aromatic N) is 1. The van der Waals surface area contributed by atoms with Gasteiger partial charge in [-0.2, -0.15) is 0 Å². The molecule has 2 atom stereocenters. The highest BCUT2D eigenvalue weighted by Crippen LogP contribution is 2.26. The van der Waals surface area contributed by atoms with Gasteiger partial charge in [-0.3, -0.25) is 4.79 Å². The monoisotopic (exact) mass is 297 g/mol. The molecule has 17 heavy (non-hydrogen) atoms. The predicted octanol–water partition coefficient (Wildman–Crippen LogP) is 2.64. The molecule has 2 rings (SSSR count). The maximum atomic E-state index is 12.2. The van der Waals surface area contributed by atoms with E-state index in [1.165, 1.54) is 0 Å². The van der Waals surface area contributed by atoms with Crippen molar-refractivity contribution in [3.8, 4) is 5.75 Å². The number of para-hydroxylation sites is 1. The number of piperidine rings is 1. The van der Waals surface area contributed by atoms with E-state index in [0.717, 1.165) is 13.0 Å². The fourth-order valence-corrected chi connectivity index (χ4v) is 2.65. The zero-order chi connectivity index (χ0) is 12.4. The minimum Gasteiger partial charge on any atom is -0.507 e. The summed E-state index contributed by atoms with van der Waals surface area (Å²) in [5.41, 5.74) is 0.391. The van der Waals surface area contributed by atoms with Crippen LogP contribution >= 0.6 is 15.9 Å². The van der Waals surface area contributed by atoms with Crippen LogP contribution in [0.1, 0.15) is 23.7 Å². The lowest BCUT2D eigenvalue weighted by Crippen LogP contribution is -2.43. The first-order chi connectivity index (χ1) is 8.09. The van der Waals surface area contributed by atoms with Crippen molar-refractivity contribution in [1.29, 1.82) is 0 Å². The lowest BCUT2D eigenvalue weighted by molar-refractivity contribution is 0.0703. The SMILES string of the molecule is CC1CCN(C(=O)c2ccccc2O)CC1Br. The molecule has 92 valence electrons. The third-order valence-corrected chi connectivity index (χ3v) is 4.48. The third-order valence-electron chi connectivity index (χ3n) is 3.29. The van der Waals surface area contributed by atoms with Crippen LogP contribution in [-0.4, -0.2) is 33.8 Å². The van der Waals surface area contributed by atoms with Crippen molar-refractivity contribution in [1.82, 2.24) is 4.90 Å². The molecule has 1 saturated heterocycles. The van der Waals surface area contributed by atoms with Crippen molar-refractivity contribution in [2.75, 3.05) is 13.1 Å². The largest absolute Gasteiger partial charge is 0.507 e. The number of benzene rings is 1. The third kappa shape index (κ3) is 2.63. The standard InChI is InChI=1S/C13H16BrNO2/c1-9-6-7-15(8-11(9)14)13(17)10-4-2-3-5-12(10)16/h2-5,9,11,16H,6-8H2,1H3. The minimum atomic E-state index is -0.0838. The summed E-state index contributed by atoms with van der Waals surface area (Å²) in [6, 6.07) is 6.70. The Labute approximate surface area is 110 Å². The van der Waals surface area contributed by atoms with Gasteiger partial charge in [0.25, 0.3) is 5.91 Å². The number of hydrogen-bond acceptors (Lipinski definition) is 2. The number of alkyl halides is 1. The van der Waals surface area contributed by atoms with Crippen molar-refractivity contribution >= 4 is 21.8 Å². The molecule has 1 aliphatic heterocycles. The van der Waals surface area contributed by atoms with Crippen LogP contribution in [0.3, 0.4) is 0 Å². The summed E-state index contributed by atoms with van der Waals surface area (Å²) in [4.78, 5) is 14.4. The molecule has 1 aromatic carbocycles. The van der Waals surface area contributed by atoms with E-state index in [1.54, 1.807) is 29.2 Å². The highest BCUT2D eigenvalue weighted by Gasteiger charge is 2.28. The van der Waals surface area contributed by atoms with Crippen molar-refractivity contribution in [2.45, 2.75) is 18.2 Å². The molecule has 1 heterocycles. The van der Waals surface area contributed by atoms with Gasteiger partial charge in [-0.15, -0.1) is 0 Å². The van der Waals surface area contributed by atoms with Gasteiger partial charge in [0.1, 0.15) is 5.75 Å². The minimum absolute atomic E-state index is 0.0576. The summed E-state index contributed by atoms with van der Waals surface area (Å²) in [5.74, 6) is 0.560. The van der Waals surface area contributed by atoms with Crippen molar-refractivity contribution < 1.29 is 9.90 Å². The lowest BCUT2D eigenvalue weighted by Gasteiger charge is -2.34. The molecule has 2 unspecified atom stereocenters. The second-order valence-electron chi connectivity index (χ2n) is 4.55. The van der Waals surface area contributed by atoms with E-state index in [0.29, 0.717) is 22.9 Å². The Bertz CT molecular complexity index is 422. The average Bonchev–Trinajstić information content (AvgIpc) is 2.32. The number of rotatable bonds is 1. The molecule has 4 heteroatoms. The van der Waals surface area contributed by atoms with Gasteiger partial charge in [0.2, 0.25) is 0 Å². The number of halogens is 1. The molecule has 1 aromatic rings. The molecule has 0 bridgehead atoms. The fourth-order valence-electron chi connectivity index (χ4n) is 2.03. The predicted molar refractivity (Wildman–Crippen MR) is 70.5 cm³/mol. The normalized spacial score (nSPS) is 24.7. The quantitative estimate of drug-likeness (QED) is 0.810. The first-order valence-electron chi connectivity index (χ1n) is 5.81. The number of carbonyl (C=O) groups is 1. The van der Waals surface area contributed by atoms with Gasteiger partial charge in [-0.25, -0.2) is 0 Å². The van der Waals surface area contributed by atoms with Gasteiger partial charge < -0.3 is 10.0 Å². The van der Waals surface area contributed by atoms with E-state index in [-0.39, 0.29) is 11.7 Å². The summed E-state index contributed by atoms with van der Waals surface area (Å²) >= 11 is 3.60. The van der Waals surface area contributed by atoms with Crippen LogP contribution in [0, 0.1) is 5.92 Å². The summed E-state index contributed by atoms with van der Waals surface area (Å²) < 4.78 is 0. The maximum Gasteiger partial charge on any atom is 0.257 e. The van der Waals surface area contributed by atoms with Gasteiger partial charge in [-0.05, 0) is 24.5 Å². The number of carbonyl (C=O) groups excluding carboxylic acids is 1. The van der Waals surface area contributed by atoms with E-state index in [2.05, 4.69) is 22.9 Å². The summed E-state index contributed by atoms with van der Waals surface area (Å²) in [5, 5.41) is 9.67. The molecular formula is C13H16BrNO2. The fraction of sp³-hybridized carbons (Fsp3) is 0.462.